The van der Waals surface area contributed by atoms with Crippen LogP contribution in [0.3, 0.4) is 0 Å². The third-order valence-corrected chi connectivity index (χ3v) is 5.94. The number of piperidine rings is 1. The van der Waals surface area contributed by atoms with Gasteiger partial charge in [-0.05, 0) is 62.4 Å². The van der Waals surface area contributed by atoms with E-state index in [0.29, 0.717) is 42.2 Å². The van der Waals surface area contributed by atoms with E-state index in [-0.39, 0.29) is 12.7 Å². The number of benzene rings is 1. The van der Waals surface area contributed by atoms with Gasteiger partial charge in [0.05, 0.1) is 0 Å². The van der Waals surface area contributed by atoms with Gasteiger partial charge >= 0.3 is 6.09 Å². The Morgan fingerprint density at radius 1 is 1.13 bits per heavy atom. The van der Waals surface area contributed by atoms with E-state index in [1.165, 1.54) is 0 Å². The van der Waals surface area contributed by atoms with Crippen LogP contribution in [0.4, 0.5) is 4.79 Å². The standard InChI is InChI=1S/C21H26Cl2N2O5/c1-2-29-20-17(18(26)19(20)27)24-6-3-13-4-7-25(8-5-13)21(28)30-12-14-9-15(22)11-16(23)10-14/h9-11,13,17,20,24H,2-8,12H2,1H3. The van der Waals surface area contributed by atoms with Gasteiger partial charge in [-0.25, -0.2) is 4.79 Å². The van der Waals surface area contributed by atoms with Crippen LogP contribution in [0.1, 0.15) is 31.7 Å². The van der Waals surface area contributed by atoms with Gasteiger partial charge in [0.1, 0.15) is 18.8 Å². The van der Waals surface area contributed by atoms with E-state index in [0.717, 1.165) is 24.8 Å². The highest BCUT2D eigenvalue weighted by atomic mass is 35.5. The summed E-state index contributed by atoms with van der Waals surface area (Å²) in [4.78, 5) is 37.2. The van der Waals surface area contributed by atoms with Crippen LogP contribution in [0.15, 0.2) is 18.2 Å². The van der Waals surface area contributed by atoms with E-state index in [1.54, 1.807) is 30.0 Å². The summed E-state index contributed by atoms with van der Waals surface area (Å²) in [7, 11) is 0. The molecule has 1 aromatic rings. The molecule has 1 amide bonds. The fourth-order valence-electron chi connectivity index (χ4n) is 3.82. The van der Waals surface area contributed by atoms with Gasteiger partial charge < -0.3 is 19.7 Å². The first-order chi connectivity index (χ1) is 14.4. The molecule has 30 heavy (non-hydrogen) atoms. The average Bonchev–Trinajstić information content (AvgIpc) is 2.73. The van der Waals surface area contributed by atoms with Crippen molar-refractivity contribution in [3.05, 3.63) is 33.8 Å². The van der Waals surface area contributed by atoms with Crippen LogP contribution in [-0.4, -0.2) is 60.9 Å². The quantitative estimate of drug-likeness (QED) is 0.604. The van der Waals surface area contributed by atoms with E-state index in [9.17, 15) is 14.4 Å². The molecule has 0 radical (unpaired) electrons. The van der Waals surface area contributed by atoms with E-state index in [2.05, 4.69) is 5.32 Å². The Labute approximate surface area is 186 Å². The van der Waals surface area contributed by atoms with Gasteiger partial charge in [0.2, 0.25) is 11.6 Å². The molecule has 7 nitrogen and oxygen atoms in total. The second-order valence-electron chi connectivity index (χ2n) is 7.59. The van der Waals surface area contributed by atoms with Crippen LogP contribution in [0.5, 0.6) is 0 Å². The maximum Gasteiger partial charge on any atom is 0.410 e. The van der Waals surface area contributed by atoms with Crippen molar-refractivity contribution >= 4 is 40.9 Å². The fourth-order valence-corrected chi connectivity index (χ4v) is 4.39. The minimum absolute atomic E-state index is 0.123. The van der Waals surface area contributed by atoms with Crippen molar-refractivity contribution in [2.75, 3.05) is 26.2 Å². The molecular weight excluding hydrogens is 431 g/mol. The molecule has 164 valence electrons. The number of nitrogens with zero attached hydrogens (tertiary/aromatic N) is 1. The van der Waals surface area contributed by atoms with E-state index in [1.807, 2.05) is 0 Å². The largest absolute Gasteiger partial charge is 0.445 e. The lowest BCUT2D eigenvalue weighted by molar-refractivity contribution is -0.158. The monoisotopic (exact) mass is 456 g/mol. The average molecular weight is 457 g/mol. The van der Waals surface area contributed by atoms with Crippen LogP contribution in [-0.2, 0) is 25.7 Å². The summed E-state index contributed by atoms with van der Waals surface area (Å²) in [5.41, 5.74) is 0.746. The maximum absolute atomic E-state index is 12.3. The Bertz CT molecular complexity index is 775. The molecule has 2 unspecified atom stereocenters. The highest BCUT2D eigenvalue weighted by molar-refractivity contribution is 6.48. The van der Waals surface area contributed by atoms with Crippen LogP contribution in [0.2, 0.25) is 10.0 Å². The highest BCUT2D eigenvalue weighted by Crippen LogP contribution is 2.23. The minimum atomic E-state index is -0.645. The number of carbonyl (C=O) groups excluding carboxylic acids is 3. The number of halogens is 2. The van der Waals surface area contributed by atoms with Crippen molar-refractivity contribution in [2.45, 2.75) is 44.9 Å². The van der Waals surface area contributed by atoms with Gasteiger partial charge in [0.25, 0.3) is 0 Å². The smallest absolute Gasteiger partial charge is 0.410 e. The molecule has 1 saturated heterocycles. The number of carbonyl (C=O) groups is 3. The first kappa shape index (κ1) is 23.0. The minimum Gasteiger partial charge on any atom is -0.445 e. The van der Waals surface area contributed by atoms with Crippen molar-refractivity contribution in [1.82, 2.24) is 10.2 Å². The van der Waals surface area contributed by atoms with Gasteiger partial charge in [-0.2, -0.15) is 0 Å². The highest BCUT2D eigenvalue weighted by Gasteiger charge is 2.49. The summed E-state index contributed by atoms with van der Waals surface area (Å²) in [6, 6.07) is 4.55. The molecule has 9 heteroatoms. The zero-order valence-corrected chi connectivity index (χ0v) is 18.4. The third kappa shape index (κ3) is 5.72. The number of hydrogen-bond donors (Lipinski definition) is 1. The zero-order valence-electron chi connectivity index (χ0n) is 16.9. The normalized spacial score (nSPS) is 22.2. The van der Waals surface area contributed by atoms with Crippen molar-refractivity contribution in [2.24, 2.45) is 5.92 Å². The van der Waals surface area contributed by atoms with Crippen molar-refractivity contribution in [3.8, 4) is 0 Å². The topological polar surface area (TPSA) is 84.9 Å². The first-order valence-corrected chi connectivity index (χ1v) is 10.9. The molecule has 2 aliphatic rings. The number of amides is 1. The van der Waals surface area contributed by atoms with Gasteiger partial charge in [0.15, 0.2) is 0 Å². The molecule has 1 N–H and O–H groups in total. The number of rotatable bonds is 8. The molecule has 1 heterocycles. The van der Waals surface area contributed by atoms with Gasteiger partial charge in [-0.15, -0.1) is 0 Å². The Morgan fingerprint density at radius 3 is 2.43 bits per heavy atom. The molecule has 2 atom stereocenters. The number of nitrogens with one attached hydrogen (secondary N) is 1. The van der Waals surface area contributed by atoms with Crippen LogP contribution in [0, 0.1) is 5.92 Å². The number of likely N-dealkylation sites (tertiary alicyclic amines) is 1. The summed E-state index contributed by atoms with van der Waals surface area (Å²) in [5, 5.41) is 4.15. The Kier molecular flexibility index (Phi) is 8.11. The van der Waals surface area contributed by atoms with Crippen molar-refractivity contribution in [1.29, 1.82) is 0 Å². The number of ketones is 2. The summed E-state index contributed by atoms with van der Waals surface area (Å²) < 4.78 is 10.7. The maximum atomic E-state index is 12.3. The molecule has 3 rings (SSSR count). The van der Waals surface area contributed by atoms with E-state index in [4.69, 9.17) is 32.7 Å². The Balaban J connectivity index is 1.35. The van der Waals surface area contributed by atoms with Crippen molar-refractivity contribution < 1.29 is 23.9 Å². The molecule has 0 spiro atoms. The zero-order chi connectivity index (χ0) is 21.7. The Morgan fingerprint density at radius 2 is 1.80 bits per heavy atom. The molecule has 0 aromatic heterocycles. The number of ether oxygens (including phenoxy) is 2. The number of hydrogen-bond acceptors (Lipinski definition) is 6. The SMILES string of the molecule is CCOC1C(=O)C(=O)C1NCCC1CCN(C(=O)OCc2cc(Cl)cc(Cl)c2)CC1. The number of Topliss-reactive ketones (excluding diaryl/α,β-unsaturated/α-hetero) is 2. The lowest BCUT2D eigenvalue weighted by Crippen LogP contribution is -2.65. The van der Waals surface area contributed by atoms with Crippen molar-refractivity contribution in [3.63, 3.8) is 0 Å². The summed E-state index contributed by atoms with van der Waals surface area (Å²) in [6.07, 6.45) is 1.62. The van der Waals surface area contributed by atoms with E-state index >= 15 is 0 Å². The third-order valence-electron chi connectivity index (χ3n) is 5.51. The summed E-state index contributed by atoms with van der Waals surface area (Å²) >= 11 is 11.9. The first-order valence-electron chi connectivity index (χ1n) is 10.2. The predicted octanol–water partition coefficient (Wildman–Crippen LogP) is 3.25. The van der Waals surface area contributed by atoms with Crippen LogP contribution >= 0.6 is 23.2 Å². The molecule has 1 aliphatic carbocycles. The van der Waals surface area contributed by atoms with Crippen LogP contribution < -0.4 is 5.32 Å². The molecule has 1 aliphatic heterocycles. The second kappa shape index (κ2) is 10.6. The van der Waals surface area contributed by atoms with Gasteiger partial charge in [-0.3, -0.25) is 9.59 Å². The molecular formula is C21H26Cl2N2O5. The van der Waals surface area contributed by atoms with Gasteiger partial charge in [0, 0.05) is 29.7 Å². The molecule has 1 aromatic carbocycles. The lowest BCUT2D eigenvalue weighted by Gasteiger charge is -2.34. The summed E-state index contributed by atoms with van der Waals surface area (Å²) in [6.45, 7) is 4.22. The van der Waals surface area contributed by atoms with Crippen LogP contribution in [0.25, 0.3) is 0 Å². The summed E-state index contributed by atoms with van der Waals surface area (Å²) in [5.74, 6) is -0.391. The predicted molar refractivity (Wildman–Crippen MR) is 113 cm³/mol. The molecule has 0 bridgehead atoms. The van der Waals surface area contributed by atoms with Gasteiger partial charge in [-0.1, -0.05) is 23.2 Å². The molecule has 1 saturated carbocycles. The lowest BCUT2D eigenvalue weighted by atomic mass is 9.85. The second-order valence-corrected chi connectivity index (χ2v) is 8.46. The molecule has 2 fully saturated rings. The van der Waals surface area contributed by atoms with E-state index < -0.39 is 23.7 Å². The Hall–Kier alpha value is -1.67. The fraction of sp³-hybridized carbons (Fsp3) is 0.571.